The van der Waals surface area contributed by atoms with E-state index >= 15 is 0 Å². The largest absolute Gasteiger partial charge is 0.468 e. The fourth-order valence-corrected chi connectivity index (χ4v) is 1.61. The van der Waals surface area contributed by atoms with Gasteiger partial charge in [0, 0.05) is 17.7 Å². The van der Waals surface area contributed by atoms with E-state index in [-0.39, 0.29) is 19.0 Å². The van der Waals surface area contributed by atoms with E-state index in [0.29, 0.717) is 12.1 Å². The zero-order chi connectivity index (χ0) is 15.0. The number of rotatable bonds is 4. The van der Waals surface area contributed by atoms with Crippen molar-refractivity contribution in [2.45, 2.75) is 6.92 Å². The highest BCUT2D eigenvalue weighted by molar-refractivity contribution is 5.96. The lowest BCUT2D eigenvalue weighted by Crippen LogP contribution is -2.36. The van der Waals surface area contributed by atoms with Gasteiger partial charge < -0.3 is 15.4 Å². The number of nitrogens with two attached hydrogens (primary N) is 1. The molecule has 5 heteroatoms. The predicted octanol–water partition coefficient (Wildman–Crippen LogP) is 0.632. The lowest BCUT2D eigenvalue weighted by atomic mass is 10.1. The van der Waals surface area contributed by atoms with Gasteiger partial charge in [0.05, 0.1) is 13.7 Å². The molecule has 0 radical (unpaired) electrons. The van der Waals surface area contributed by atoms with Gasteiger partial charge in [-0.2, -0.15) is 0 Å². The van der Waals surface area contributed by atoms with Gasteiger partial charge >= 0.3 is 5.97 Å². The van der Waals surface area contributed by atoms with Crippen molar-refractivity contribution in [3.8, 4) is 11.8 Å². The third-order valence-electron chi connectivity index (χ3n) is 2.66. The zero-order valence-electron chi connectivity index (χ0n) is 11.7. The summed E-state index contributed by atoms with van der Waals surface area (Å²) in [6.45, 7) is 2.43. The van der Waals surface area contributed by atoms with Crippen molar-refractivity contribution in [2.24, 2.45) is 5.73 Å². The number of nitrogens with zero attached hydrogens (tertiary/aromatic N) is 1. The van der Waals surface area contributed by atoms with Crippen molar-refractivity contribution in [1.82, 2.24) is 4.90 Å². The van der Waals surface area contributed by atoms with E-state index in [1.54, 1.807) is 31.2 Å². The maximum absolute atomic E-state index is 12.3. The van der Waals surface area contributed by atoms with E-state index in [1.807, 2.05) is 0 Å². The molecule has 0 saturated carbocycles. The molecule has 0 spiro atoms. The zero-order valence-corrected chi connectivity index (χ0v) is 11.7. The van der Waals surface area contributed by atoms with Gasteiger partial charge in [0.2, 0.25) is 0 Å². The molecular formula is C15H18N2O3. The lowest BCUT2D eigenvalue weighted by Gasteiger charge is -2.19. The van der Waals surface area contributed by atoms with Crippen LogP contribution >= 0.6 is 0 Å². The molecule has 2 N–H and O–H groups in total. The molecular weight excluding hydrogens is 256 g/mol. The standard InChI is InChI=1S/C15H18N2O3/c1-3-17(11-14(18)20-2)15(19)13-8-4-6-12(10-13)7-5-9-16/h4,6,8,10H,3,9,11,16H2,1-2H3. The molecule has 0 aromatic heterocycles. The van der Waals surface area contributed by atoms with Crippen LogP contribution in [0.25, 0.3) is 0 Å². The van der Waals surface area contributed by atoms with Crippen LogP contribution in [0.15, 0.2) is 24.3 Å². The Morgan fingerprint density at radius 1 is 1.40 bits per heavy atom. The van der Waals surface area contributed by atoms with Crippen LogP contribution in [0.2, 0.25) is 0 Å². The average molecular weight is 274 g/mol. The van der Waals surface area contributed by atoms with Gasteiger partial charge in [-0.05, 0) is 25.1 Å². The summed E-state index contributed by atoms with van der Waals surface area (Å²) < 4.78 is 4.58. The summed E-state index contributed by atoms with van der Waals surface area (Å²) >= 11 is 0. The summed E-state index contributed by atoms with van der Waals surface area (Å²) in [6, 6.07) is 6.93. The molecule has 0 aliphatic rings. The maximum Gasteiger partial charge on any atom is 0.325 e. The normalized spacial score (nSPS) is 9.35. The average Bonchev–Trinajstić information content (AvgIpc) is 2.49. The topological polar surface area (TPSA) is 72.6 Å². The highest BCUT2D eigenvalue weighted by atomic mass is 16.5. The first kappa shape index (κ1) is 15.7. The van der Waals surface area contributed by atoms with E-state index in [0.717, 1.165) is 5.56 Å². The first-order valence-corrected chi connectivity index (χ1v) is 6.27. The van der Waals surface area contributed by atoms with Crippen molar-refractivity contribution in [3.63, 3.8) is 0 Å². The summed E-state index contributed by atoms with van der Waals surface area (Å²) in [5.41, 5.74) is 6.52. The fraction of sp³-hybridized carbons (Fsp3) is 0.333. The number of hydrogen-bond donors (Lipinski definition) is 1. The highest BCUT2D eigenvalue weighted by Gasteiger charge is 2.17. The molecule has 0 unspecified atom stereocenters. The second-order valence-electron chi connectivity index (χ2n) is 3.98. The number of benzene rings is 1. The maximum atomic E-state index is 12.3. The van der Waals surface area contributed by atoms with Crippen LogP contribution in [0.5, 0.6) is 0 Å². The van der Waals surface area contributed by atoms with Crippen LogP contribution in [0, 0.1) is 11.8 Å². The first-order valence-electron chi connectivity index (χ1n) is 6.27. The smallest absolute Gasteiger partial charge is 0.325 e. The SMILES string of the molecule is CCN(CC(=O)OC)C(=O)c1cccc(C#CCN)c1. The number of esters is 1. The van der Waals surface area contributed by atoms with Gasteiger partial charge in [-0.3, -0.25) is 9.59 Å². The molecule has 1 rings (SSSR count). The number of hydrogen-bond acceptors (Lipinski definition) is 4. The van der Waals surface area contributed by atoms with E-state index in [9.17, 15) is 9.59 Å². The molecule has 0 aliphatic heterocycles. The molecule has 1 amide bonds. The minimum Gasteiger partial charge on any atom is -0.468 e. The van der Waals surface area contributed by atoms with Crippen LogP contribution in [-0.4, -0.2) is 43.5 Å². The monoisotopic (exact) mass is 274 g/mol. The molecule has 0 bridgehead atoms. The van der Waals surface area contributed by atoms with Crippen molar-refractivity contribution < 1.29 is 14.3 Å². The van der Waals surface area contributed by atoms with Crippen molar-refractivity contribution in [1.29, 1.82) is 0 Å². The fourth-order valence-electron chi connectivity index (χ4n) is 1.61. The van der Waals surface area contributed by atoms with Crippen molar-refractivity contribution in [3.05, 3.63) is 35.4 Å². The third-order valence-corrected chi connectivity index (χ3v) is 2.66. The summed E-state index contributed by atoms with van der Waals surface area (Å²) in [5.74, 6) is 4.93. The highest BCUT2D eigenvalue weighted by Crippen LogP contribution is 2.08. The second kappa shape index (κ2) is 7.97. The minimum atomic E-state index is -0.445. The van der Waals surface area contributed by atoms with Crippen LogP contribution in [0.4, 0.5) is 0 Å². The molecule has 20 heavy (non-hydrogen) atoms. The molecule has 1 aromatic carbocycles. The van der Waals surface area contributed by atoms with Gasteiger partial charge in [0.15, 0.2) is 0 Å². The number of likely N-dealkylation sites (N-methyl/N-ethyl adjacent to an activating group) is 1. The summed E-state index contributed by atoms with van der Waals surface area (Å²) in [7, 11) is 1.30. The molecule has 0 atom stereocenters. The Balaban J connectivity index is 2.92. The third kappa shape index (κ3) is 4.41. The molecule has 0 aliphatic carbocycles. The molecule has 1 aromatic rings. The quantitative estimate of drug-likeness (QED) is 0.645. The molecule has 0 saturated heterocycles. The molecule has 0 heterocycles. The Kier molecular flexibility index (Phi) is 6.27. The Hall–Kier alpha value is -2.32. The van der Waals surface area contributed by atoms with Gasteiger partial charge in [-0.1, -0.05) is 17.9 Å². The van der Waals surface area contributed by atoms with E-state index < -0.39 is 5.97 Å². The Morgan fingerprint density at radius 2 is 2.15 bits per heavy atom. The van der Waals surface area contributed by atoms with E-state index in [1.165, 1.54) is 12.0 Å². The van der Waals surface area contributed by atoms with Gasteiger partial charge in [-0.25, -0.2) is 0 Å². The van der Waals surface area contributed by atoms with E-state index in [2.05, 4.69) is 16.6 Å². The molecule has 106 valence electrons. The number of ether oxygens (including phenoxy) is 1. The Labute approximate surface area is 118 Å². The summed E-state index contributed by atoms with van der Waals surface area (Å²) in [6.07, 6.45) is 0. The molecule has 0 fully saturated rings. The number of carbonyl (C=O) groups is 2. The number of amides is 1. The number of carbonyl (C=O) groups excluding carboxylic acids is 2. The lowest BCUT2D eigenvalue weighted by molar-refractivity contribution is -0.141. The predicted molar refractivity (Wildman–Crippen MR) is 76.0 cm³/mol. The van der Waals surface area contributed by atoms with Crippen LogP contribution in [0.3, 0.4) is 0 Å². The van der Waals surface area contributed by atoms with E-state index in [4.69, 9.17) is 5.73 Å². The Bertz CT molecular complexity index is 544. The van der Waals surface area contributed by atoms with Gasteiger partial charge in [-0.15, -0.1) is 0 Å². The van der Waals surface area contributed by atoms with Crippen LogP contribution in [0.1, 0.15) is 22.8 Å². The van der Waals surface area contributed by atoms with Crippen molar-refractivity contribution >= 4 is 11.9 Å². The minimum absolute atomic E-state index is 0.0649. The van der Waals surface area contributed by atoms with Gasteiger partial charge in [0.25, 0.3) is 5.91 Å². The second-order valence-corrected chi connectivity index (χ2v) is 3.98. The van der Waals surface area contributed by atoms with Crippen LogP contribution < -0.4 is 5.73 Å². The molecule has 5 nitrogen and oxygen atoms in total. The first-order chi connectivity index (χ1) is 9.62. The summed E-state index contributed by atoms with van der Waals surface area (Å²) in [5, 5.41) is 0. The van der Waals surface area contributed by atoms with Crippen LogP contribution in [-0.2, 0) is 9.53 Å². The number of methoxy groups -OCH3 is 1. The van der Waals surface area contributed by atoms with Gasteiger partial charge in [0.1, 0.15) is 6.54 Å². The van der Waals surface area contributed by atoms with Crippen molar-refractivity contribution in [2.75, 3.05) is 26.7 Å². The Morgan fingerprint density at radius 3 is 2.75 bits per heavy atom. The summed E-state index contributed by atoms with van der Waals surface area (Å²) in [4.78, 5) is 25.0.